The third kappa shape index (κ3) is 6.73. The van der Waals surface area contributed by atoms with Crippen LogP contribution in [0.5, 0.6) is 5.75 Å². The molecule has 0 bridgehead atoms. The number of urea groups is 1. The first-order chi connectivity index (χ1) is 17.8. The first-order valence-corrected chi connectivity index (χ1v) is 13.8. The molecule has 0 saturated heterocycles. The minimum absolute atomic E-state index is 0.00699. The zero-order valence-corrected chi connectivity index (χ0v) is 23.0. The van der Waals surface area contributed by atoms with Gasteiger partial charge in [0.05, 0.1) is 35.3 Å². The molecule has 0 fully saturated rings. The number of halogens is 1. The van der Waals surface area contributed by atoms with Crippen LogP contribution in [0.25, 0.3) is 0 Å². The second kappa shape index (κ2) is 12.0. The average Bonchev–Trinajstić information content (AvgIpc) is 2.85. The molecule has 0 radical (unpaired) electrons. The highest BCUT2D eigenvalue weighted by Crippen LogP contribution is 2.36. The number of amides is 3. The van der Waals surface area contributed by atoms with Crippen LogP contribution in [-0.4, -0.2) is 80.2 Å². The van der Waals surface area contributed by atoms with Crippen molar-refractivity contribution >= 4 is 27.6 Å². The fourth-order valence-corrected chi connectivity index (χ4v) is 5.13. The lowest BCUT2D eigenvalue weighted by molar-refractivity contribution is 0.0369. The normalized spacial score (nSPS) is 18.6. The number of aliphatic hydroxyl groups is 1. The number of anilines is 1. The highest BCUT2D eigenvalue weighted by Gasteiger charge is 2.35. The minimum Gasteiger partial charge on any atom is -0.485 e. The molecule has 0 spiro atoms. The maximum atomic E-state index is 13.6. The molecule has 1 aliphatic heterocycles. The number of carbonyl (C=O) groups is 2. The fraction of sp³-hybridized carbons (Fsp3) is 0.462. The number of rotatable bonds is 8. The second-order valence-corrected chi connectivity index (χ2v) is 11.5. The van der Waals surface area contributed by atoms with Gasteiger partial charge in [0.1, 0.15) is 11.9 Å². The molecule has 1 heterocycles. The zero-order valence-electron chi connectivity index (χ0n) is 22.1. The fourth-order valence-electron chi connectivity index (χ4n) is 4.07. The van der Waals surface area contributed by atoms with Gasteiger partial charge in [0.25, 0.3) is 15.9 Å². The number of para-hydroxylation sites is 1. The molecule has 2 aromatic rings. The quantitative estimate of drug-likeness (QED) is 0.464. The van der Waals surface area contributed by atoms with E-state index >= 15 is 0 Å². The number of hydrogen-bond donors (Lipinski definition) is 3. The van der Waals surface area contributed by atoms with Gasteiger partial charge in [0, 0.05) is 25.6 Å². The lowest BCUT2D eigenvalue weighted by atomic mass is 9.99. The van der Waals surface area contributed by atoms with Crippen LogP contribution in [-0.2, 0) is 10.0 Å². The number of fused-ring (bicyclic) bond motifs is 1. The van der Waals surface area contributed by atoms with Gasteiger partial charge in [-0.2, -0.15) is 0 Å². The molecule has 1 aliphatic rings. The smallest absolute Gasteiger partial charge is 0.317 e. The standard InChI is InChI=1S/C26H35FN4O6S/c1-16(2)28-26(34)30(5)14-23-17(3)13-31(18(4)15-32)25(33)21-7-6-8-22(24(21)37-23)29-38(35,36)20-11-9-19(27)10-12-20/h6-12,16-18,23,29,32H,13-15H2,1-5H3,(H,28,34)/t17-,18+,23+/m0/s1. The lowest BCUT2D eigenvalue weighted by Gasteiger charge is -2.38. The van der Waals surface area contributed by atoms with Crippen molar-refractivity contribution in [3.8, 4) is 5.75 Å². The summed E-state index contributed by atoms with van der Waals surface area (Å²) in [6, 6.07) is 7.95. The van der Waals surface area contributed by atoms with Crippen molar-refractivity contribution in [3.63, 3.8) is 0 Å². The Morgan fingerprint density at radius 1 is 1.21 bits per heavy atom. The summed E-state index contributed by atoms with van der Waals surface area (Å²) in [4.78, 5) is 29.0. The molecule has 12 heteroatoms. The van der Waals surface area contributed by atoms with Gasteiger partial charge in [0.2, 0.25) is 0 Å². The number of nitrogens with one attached hydrogen (secondary N) is 2. The lowest BCUT2D eigenvalue weighted by Crippen LogP contribution is -2.51. The van der Waals surface area contributed by atoms with Crippen molar-refractivity contribution in [2.24, 2.45) is 5.92 Å². The Morgan fingerprint density at radius 3 is 2.47 bits per heavy atom. The summed E-state index contributed by atoms with van der Waals surface area (Å²) in [5.74, 6) is -1.30. The Labute approximate surface area is 222 Å². The Balaban J connectivity index is 2.05. The van der Waals surface area contributed by atoms with Gasteiger partial charge in [0.15, 0.2) is 5.75 Å². The second-order valence-electron chi connectivity index (χ2n) is 9.85. The maximum absolute atomic E-state index is 13.6. The molecule has 0 unspecified atom stereocenters. The van der Waals surface area contributed by atoms with Crippen LogP contribution in [0.1, 0.15) is 38.1 Å². The summed E-state index contributed by atoms with van der Waals surface area (Å²) in [7, 11) is -2.53. The van der Waals surface area contributed by atoms with Crippen LogP contribution in [0.4, 0.5) is 14.9 Å². The monoisotopic (exact) mass is 550 g/mol. The van der Waals surface area contributed by atoms with Crippen molar-refractivity contribution < 1.29 is 32.2 Å². The minimum atomic E-state index is -4.15. The van der Waals surface area contributed by atoms with E-state index in [0.29, 0.717) is 0 Å². The highest BCUT2D eigenvalue weighted by atomic mass is 32.2. The number of carbonyl (C=O) groups excluding carboxylic acids is 2. The van der Waals surface area contributed by atoms with Crippen LogP contribution >= 0.6 is 0 Å². The largest absolute Gasteiger partial charge is 0.485 e. The molecule has 0 aromatic heterocycles. The maximum Gasteiger partial charge on any atom is 0.317 e. The van der Waals surface area contributed by atoms with E-state index in [9.17, 15) is 27.5 Å². The van der Waals surface area contributed by atoms with Gasteiger partial charge in [-0.3, -0.25) is 9.52 Å². The van der Waals surface area contributed by atoms with Crippen molar-refractivity contribution in [2.45, 2.75) is 50.8 Å². The van der Waals surface area contributed by atoms with Gasteiger partial charge in [-0.15, -0.1) is 0 Å². The number of ether oxygens (including phenoxy) is 1. The predicted octanol–water partition coefficient (Wildman–Crippen LogP) is 2.90. The number of likely N-dealkylation sites (N-methyl/N-ethyl adjacent to an activating group) is 1. The molecule has 0 saturated carbocycles. The van der Waals surface area contributed by atoms with Crippen LogP contribution in [0.3, 0.4) is 0 Å². The molecule has 38 heavy (non-hydrogen) atoms. The number of aliphatic hydroxyl groups excluding tert-OH is 1. The molecule has 3 amide bonds. The third-order valence-corrected chi connectivity index (χ3v) is 7.65. The summed E-state index contributed by atoms with van der Waals surface area (Å²) in [6.07, 6.45) is -0.630. The summed E-state index contributed by atoms with van der Waals surface area (Å²) >= 11 is 0. The summed E-state index contributed by atoms with van der Waals surface area (Å²) < 4.78 is 48.3. The summed E-state index contributed by atoms with van der Waals surface area (Å²) in [5.41, 5.74) is 0.126. The van der Waals surface area contributed by atoms with Gasteiger partial charge >= 0.3 is 6.03 Å². The van der Waals surface area contributed by atoms with Crippen LogP contribution in [0.2, 0.25) is 0 Å². The molecule has 10 nitrogen and oxygen atoms in total. The number of hydrogen-bond acceptors (Lipinski definition) is 6. The molecule has 3 rings (SSSR count). The molecule has 0 aliphatic carbocycles. The van der Waals surface area contributed by atoms with E-state index in [2.05, 4.69) is 10.0 Å². The molecular weight excluding hydrogens is 515 g/mol. The molecule has 208 valence electrons. The van der Waals surface area contributed by atoms with Gasteiger partial charge in [-0.1, -0.05) is 13.0 Å². The predicted molar refractivity (Wildman–Crippen MR) is 141 cm³/mol. The third-order valence-electron chi connectivity index (χ3n) is 6.27. The molecule has 2 aromatic carbocycles. The Bertz CT molecular complexity index is 1250. The number of nitrogens with zero attached hydrogens (tertiary/aromatic N) is 2. The van der Waals surface area contributed by atoms with E-state index < -0.39 is 33.9 Å². The summed E-state index contributed by atoms with van der Waals surface area (Å²) in [6.45, 7) is 7.38. The van der Waals surface area contributed by atoms with Gasteiger partial charge in [-0.05, 0) is 57.2 Å². The van der Waals surface area contributed by atoms with Gasteiger partial charge in [-0.25, -0.2) is 17.6 Å². The number of benzene rings is 2. The first-order valence-electron chi connectivity index (χ1n) is 12.4. The SMILES string of the molecule is CC(C)NC(=O)N(C)C[C@H]1Oc2c(NS(=O)(=O)c3ccc(F)cc3)cccc2C(=O)N([C@H](C)CO)C[C@@H]1C. The van der Waals surface area contributed by atoms with E-state index in [0.717, 1.165) is 24.3 Å². The highest BCUT2D eigenvalue weighted by molar-refractivity contribution is 7.92. The van der Waals surface area contributed by atoms with Crippen molar-refractivity contribution in [3.05, 3.63) is 53.8 Å². The Hall–Kier alpha value is -3.38. The first kappa shape index (κ1) is 29.2. The van der Waals surface area contributed by atoms with Crippen molar-refractivity contribution in [1.29, 1.82) is 0 Å². The molecule has 3 atom stereocenters. The van der Waals surface area contributed by atoms with Crippen LogP contribution in [0, 0.1) is 11.7 Å². The van der Waals surface area contributed by atoms with Gasteiger partial charge < -0.3 is 25.0 Å². The number of sulfonamides is 1. The summed E-state index contributed by atoms with van der Waals surface area (Å²) in [5, 5.41) is 12.6. The van der Waals surface area contributed by atoms with Crippen molar-refractivity contribution in [1.82, 2.24) is 15.1 Å². The van der Waals surface area contributed by atoms with E-state index in [-0.39, 0.29) is 59.6 Å². The van der Waals surface area contributed by atoms with E-state index in [1.807, 2.05) is 20.8 Å². The zero-order chi connectivity index (χ0) is 28.2. The Morgan fingerprint density at radius 2 is 1.87 bits per heavy atom. The van der Waals surface area contributed by atoms with E-state index in [4.69, 9.17) is 4.74 Å². The van der Waals surface area contributed by atoms with Crippen LogP contribution < -0.4 is 14.8 Å². The van der Waals surface area contributed by atoms with E-state index in [1.54, 1.807) is 14.0 Å². The average molecular weight is 551 g/mol. The van der Waals surface area contributed by atoms with Crippen molar-refractivity contribution in [2.75, 3.05) is 31.5 Å². The topological polar surface area (TPSA) is 128 Å². The molecule has 3 N–H and O–H groups in total. The Kier molecular flexibility index (Phi) is 9.21. The van der Waals surface area contributed by atoms with E-state index in [1.165, 1.54) is 28.0 Å². The van der Waals surface area contributed by atoms with Crippen LogP contribution in [0.15, 0.2) is 47.4 Å². The molecular formula is C26H35FN4O6S.